The summed E-state index contributed by atoms with van der Waals surface area (Å²) in [6.45, 7) is 9.10. The van der Waals surface area contributed by atoms with Gasteiger partial charge in [0, 0.05) is 25.3 Å². The number of pyridine rings is 1. The highest BCUT2D eigenvalue weighted by Gasteiger charge is 2.22. The molecule has 3 heteroatoms. The van der Waals surface area contributed by atoms with E-state index in [4.69, 9.17) is 0 Å². The Morgan fingerprint density at radius 1 is 1.28 bits per heavy atom. The molecule has 3 nitrogen and oxygen atoms in total. The van der Waals surface area contributed by atoms with E-state index in [2.05, 4.69) is 48.1 Å². The Morgan fingerprint density at radius 2 is 1.94 bits per heavy atom. The average Bonchev–Trinajstić information content (AvgIpc) is 2.37. The summed E-state index contributed by atoms with van der Waals surface area (Å²) < 4.78 is 0. The molecule has 3 atom stereocenters. The summed E-state index contributed by atoms with van der Waals surface area (Å²) in [7, 11) is 1.98. The quantitative estimate of drug-likeness (QED) is 0.890. The molecule has 0 amide bonds. The molecule has 0 aromatic carbocycles. The Hall–Kier alpha value is -1.09. The molecule has 0 saturated carbocycles. The molecule has 1 fully saturated rings. The number of rotatable bonds is 3. The molecule has 0 aliphatic carbocycles. The molecule has 18 heavy (non-hydrogen) atoms. The van der Waals surface area contributed by atoms with Crippen LogP contribution in [0.5, 0.6) is 0 Å². The molecule has 2 heterocycles. The van der Waals surface area contributed by atoms with E-state index in [0.29, 0.717) is 6.04 Å². The van der Waals surface area contributed by atoms with E-state index < -0.39 is 0 Å². The van der Waals surface area contributed by atoms with Crippen LogP contribution in [0.15, 0.2) is 18.3 Å². The first-order valence-corrected chi connectivity index (χ1v) is 6.98. The summed E-state index contributed by atoms with van der Waals surface area (Å²) in [5.74, 6) is 2.67. The molecule has 1 aromatic rings. The van der Waals surface area contributed by atoms with Crippen LogP contribution in [0.1, 0.15) is 38.8 Å². The lowest BCUT2D eigenvalue weighted by Crippen LogP contribution is -2.39. The lowest BCUT2D eigenvalue weighted by molar-refractivity contribution is 0.355. The van der Waals surface area contributed by atoms with E-state index >= 15 is 0 Å². The standard InChI is InChI=1S/C15H25N3/c1-11-7-12(2)10-18(9-11)15-6-5-14(8-17-15)13(3)16-4/h5-6,8,11-13,16H,7,9-10H2,1-4H3. The smallest absolute Gasteiger partial charge is 0.128 e. The van der Waals surface area contributed by atoms with Gasteiger partial charge in [-0.3, -0.25) is 0 Å². The van der Waals surface area contributed by atoms with Crippen molar-refractivity contribution in [2.24, 2.45) is 11.8 Å². The van der Waals surface area contributed by atoms with Crippen LogP contribution >= 0.6 is 0 Å². The first kappa shape index (κ1) is 13.3. The third-order valence-corrected chi connectivity index (χ3v) is 3.90. The minimum atomic E-state index is 0.366. The molecule has 100 valence electrons. The van der Waals surface area contributed by atoms with Crippen molar-refractivity contribution in [2.75, 3.05) is 25.0 Å². The van der Waals surface area contributed by atoms with E-state index in [9.17, 15) is 0 Å². The fraction of sp³-hybridized carbons (Fsp3) is 0.667. The maximum absolute atomic E-state index is 4.63. The van der Waals surface area contributed by atoms with E-state index in [0.717, 1.165) is 30.7 Å². The Labute approximate surface area is 111 Å². The van der Waals surface area contributed by atoms with Crippen molar-refractivity contribution in [1.82, 2.24) is 10.3 Å². The molecule has 0 radical (unpaired) electrons. The van der Waals surface area contributed by atoms with Crippen molar-refractivity contribution in [3.8, 4) is 0 Å². The zero-order chi connectivity index (χ0) is 13.1. The summed E-state index contributed by atoms with van der Waals surface area (Å²) in [4.78, 5) is 7.05. The third kappa shape index (κ3) is 3.02. The maximum atomic E-state index is 4.63. The Morgan fingerprint density at radius 3 is 2.44 bits per heavy atom. The van der Waals surface area contributed by atoms with Crippen LogP contribution < -0.4 is 10.2 Å². The van der Waals surface area contributed by atoms with Crippen molar-refractivity contribution >= 4 is 5.82 Å². The summed E-state index contributed by atoms with van der Waals surface area (Å²) >= 11 is 0. The fourth-order valence-electron chi connectivity index (χ4n) is 2.86. The summed E-state index contributed by atoms with van der Waals surface area (Å²) in [5.41, 5.74) is 1.25. The molecule has 0 bridgehead atoms. The Balaban J connectivity index is 2.09. The highest BCUT2D eigenvalue weighted by atomic mass is 15.2. The predicted octanol–water partition coefficient (Wildman–Crippen LogP) is 2.84. The van der Waals surface area contributed by atoms with E-state index in [1.165, 1.54) is 12.0 Å². The number of nitrogens with one attached hydrogen (secondary N) is 1. The van der Waals surface area contributed by atoms with Crippen LogP contribution in [0.2, 0.25) is 0 Å². The Kier molecular flexibility index (Phi) is 4.23. The monoisotopic (exact) mass is 247 g/mol. The van der Waals surface area contributed by atoms with Crippen molar-refractivity contribution in [3.63, 3.8) is 0 Å². The highest BCUT2D eigenvalue weighted by Crippen LogP contribution is 2.25. The number of nitrogens with zero attached hydrogens (tertiary/aromatic N) is 2. The first-order chi connectivity index (χ1) is 8.60. The van der Waals surface area contributed by atoms with Gasteiger partial charge in [0.05, 0.1) is 0 Å². The lowest BCUT2D eigenvalue weighted by atomic mass is 9.92. The maximum Gasteiger partial charge on any atom is 0.128 e. The summed E-state index contributed by atoms with van der Waals surface area (Å²) in [5, 5.41) is 3.24. The van der Waals surface area contributed by atoms with Crippen LogP contribution in [0.25, 0.3) is 0 Å². The van der Waals surface area contributed by atoms with Crippen molar-refractivity contribution in [2.45, 2.75) is 33.2 Å². The second kappa shape index (κ2) is 5.70. The van der Waals surface area contributed by atoms with Gasteiger partial charge in [-0.05, 0) is 43.9 Å². The lowest BCUT2D eigenvalue weighted by Gasteiger charge is -2.35. The zero-order valence-corrected chi connectivity index (χ0v) is 12.0. The van der Waals surface area contributed by atoms with Gasteiger partial charge in [-0.15, -0.1) is 0 Å². The van der Waals surface area contributed by atoms with Gasteiger partial charge < -0.3 is 10.2 Å². The molecule has 1 aromatic heterocycles. The summed E-state index contributed by atoms with van der Waals surface area (Å²) in [6, 6.07) is 4.72. The minimum absolute atomic E-state index is 0.366. The molecule has 0 spiro atoms. The largest absolute Gasteiger partial charge is 0.356 e. The number of hydrogen-bond donors (Lipinski definition) is 1. The molecule has 1 aliphatic heterocycles. The minimum Gasteiger partial charge on any atom is -0.356 e. The van der Waals surface area contributed by atoms with E-state index in [-0.39, 0.29) is 0 Å². The third-order valence-electron chi connectivity index (χ3n) is 3.90. The van der Waals surface area contributed by atoms with Crippen LogP contribution in [0.3, 0.4) is 0 Å². The van der Waals surface area contributed by atoms with Gasteiger partial charge in [0.25, 0.3) is 0 Å². The summed E-state index contributed by atoms with van der Waals surface area (Å²) in [6.07, 6.45) is 3.34. The van der Waals surface area contributed by atoms with Crippen LogP contribution in [0, 0.1) is 11.8 Å². The normalized spacial score (nSPS) is 26.1. The molecule has 2 rings (SSSR count). The number of hydrogen-bond acceptors (Lipinski definition) is 3. The van der Waals surface area contributed by atoms with Crippen LogP contribution in [-0.4, -0.2) is 25.1 Å². The molecular formula is C15H25N3. The SMILES string of the molecule is CNC(C)c1ccc(N2CC(C)CC(C)C2)nc1. The number of piperidine rings is 1. The molecule has 1 aliphatic rings. The van der Waals surface area contributed by atoms with Crippen molar-refractivity contribution in [3.05, 3.63) is 23.9 Å². The van der Waals surface area contributed by atoms with Gasteiger partial charge in [-0.1, -0.05) is 19.9 Å². The van der Waals surface area contributed by atoms with E-state index in [1.807, 2.05) is 13.2 Å². The average molecular weight is 247 g/mol. The van der Waals surface area contributed by atoms with Gasteiger partial charge in [-0.2, -0.15) is 0 Å². The van der Waals surface area contributed by atoms with Crippen LogP contribution in [0.4, 0.5) is 5.82 Å². The zero-order valence-electron chi connectivity index (χ0n) is 12.0. The van der Waals surface area contributed by atoms with Gasteiger partial charge in [0.15, 0.2) is 0 Å². The van der Waals surface area contributed by atoms with Gasteiger partial charge >= 0.3 is 0 Å². The number of anilines is 1. The Bertz CT molecular complexity index is 364. The molecular weight excluding hydrogens is 222 g/mol. The van der Waals surface area contributed by atoms with E-state index in [1.54, 1.807) is 0 Å². The first-order valence-electron chi connectivity index (χ1n) is 6.98. The predicted molar refractivity (Wildman–Crippen MR) is 76.9 cm³/mol. The van der Waals surface area contributed by atoms with Gasteiger partial charge in [-0.25, -0.2) is 4.98 Å². The topological polar surface area (TPSA) is 28.2 Å². The second-order valence-electron chi connectivity index (χ2n) is 5.81. The number of aromatic nitrogens is 1. The molecule has 3 unspecified atom stereocenters. The van der Waals surface area contributed by atoms with Gasteiger partial charge in [0.1, 0.15) is 5.82 Å². The molecule has 1 N–H and O–H groups in total. The highest BCUT2D eigenvalue weighted by molar-refractivity contribution is 5.40. The van der Waals surface area contributed by atoms with Crippen LogP contribution in [-0.2, 0) is 0 Å². The van der Waals surface area contributed by atoms with Gasteiger partial charge in [0.2, 0.25) is 0 Å². The van der Waals surface area contributed by atoms with Crippen molar-refractivity contribution in [1.29, 1.82) is 0 Å². The van der Waals surface area contributed by atoms with Crippen molar-refractivity contribution < 1.29 is 0 Å². The second-order valence-corrected chi connectivity index (χ2v) is 5.81. The molecule has 1 saturated heterocycles. The fourth-order valence-corrected chi connectivity index (χ4v) is 2.86.